The van der Waals surface area contributed by atoms with E-state index >= 15 is 0 Å². The van der Waals surface area contributed by atoms with Gasteiger partial charge in [-0.2, -0.15) is 0 Å². The lowest BCUT2D eigenvalue weighted by Crippen LogP contribution is -2.47. The average Bonchev–Trinajstić information content (AvgIpc) is 2.96. The van der Waals surface area contributed by atoms with Crippen LogP contribution in [0.5, 0.6) is 0 Å². The molecular formula is C14H26N2O3. The van der Waals surface area contributed by atoms with Crippen LogP contribution in [0.15, 0.2) is 0 Å². The summed E-state index contributed by atoms with van der Waals surface area (Å²) in [5.74, 6) is 0.127. The first kappa shape index (κ1) is 16.0. The molecule has 0 saturated carbocycles. The second-order valence-electron chi connectivity index (χ2n) is 5.13. The fraction of sp³-hybridized carbons (Fsp3) is 0.857. The molecule has 0 aromatic rings. The predicted octanol–water partition coefficient (Wildman–Crippen LogP) is 1.18. The van der Waals surface area contributed by atoms with Crippen molar-refractivity contribution in [3.05, 3.63) is 0 Å². The number of amides is 1. The number of methoxy groups -OCH3 is 1. The van der Waals surface area contributed by atoms with Gasteiger partial charge in [0.2, 0.25) is 5.91 Å². The van der Waals surface area contributed by atoms with E-state index in [4.69, 9.17) is 0 Å². The van der Waals surface area contributed by atoms with Gasteiger partial charge in [-0.05, 0) is 25.3 Å². The second-order valence-corrected chi connectivity index (χ2v) is 5.13. The maximum absolute atomic E-state index is 12.4. The first-order valence-electron chi connectivity index (χ1n) is 7.21. The highest BCUT2D eigenvalue weighted by molar-refractivity contribution is 5.86. The van der Waals surface area contributed by atoms with Crippen LogP contribution in [-0.2, 0) is 14.3 Å². The number of ether oxygens (including phenoxy) is 1. The summed E-state index contributed by atoms with van der Waals surface area (Å²) in [4.78, 5) is 25.5. The summed E-state index contributed by atoms with van der Waals surface area (Å²) in [5.41, 5.74) is 0. The van der Waals surface area contributed by atoms with Crippen molar-refractivity contribution in [2.75, 3.05) is 26.7 Å². The number of carbonyl (C=O) groups is 2. The Bertz CT molecular complexity index is 297. The van der Waals surface area contributed by atoms with Gasteiger partial charge in [-0.1, -0.05) is 26.7 Å². The first-order chi connectivity index (χ1) is 9.12. The van der Waals surface area contributed by atoms with Gasteiger partial charge in [-0.3, -0.25) is 9.59 Å². The fourth-order valence-electron chi connectivity index (χ4n) is 2.43. The molecular weight excluding hydrogens is 244 g/mol. The highest BCUT2D eigenvalue weighted by atomic mass is 16.5. The van der Waals surface area contributed by atoms with Gasteiger partial charge < -0.3 is 15.0 Å². The van der Waals surface area contributed by atoms with E-state index in [0.717, 1.165) is 32.2 Å². The molecule has 1 fully saturated rings. The number of hydrogen-bond donors (Lipinski definition) is 1. The summed E-state index contributed by atoms with van der Waals surface area (Å²) in [7, 11) is 1.36. The van der Waals surface area contributed by atoms with Gasteiger partial charge in [0, 0.05) is 6.54 Å². The van der Waals surface area contributed by atoms with Crippen molar-refractivity contribution in [3.63, 3.8) is 0 Å². The number of nitrogens with one attached hydrogen (secondary N) is 1. The highest BCUT2D eigenvalue weighted by Gasteiger charge is 2.29. The monoisotopic (exact) mass is 270 g/mol. The third kappa shape index (κ3) is 4.82. The molecule has 0 spiro atoms. The molecule has 1 rings (SSSR count). The van der Waals surface area contributed by atoms with E-state index in [1.807, 2.05) is 0 Å². The minimum absolute atomic E-state index is 0.0369. The second kappa shape index (κ2) is 8.15. The lowest BCUT2D eigenvalue weighted by molar-refractivity contribution is -0.148. The molecule has 19 heavy (non-hydrogen) atoms. The summed E-state index contributed by atoms with van der Waals surface area (Å²) >= 11 is 0. The van der Waals surface area contributed by atoms with E-state index in [1.54, 1.807) is 4.90 Å². The van der Waals surface area contributed by atoms with E-state index in [9.17, 15) is 9.59 Å². The van der Waals surface area contributed by atoms with Crippen molar-refractivity contribution in [2.24, 2.45) is 5.92 Å². The third-order valence-electron chi connectivity index (χ3n) is 3.85. The molecule has 0 unspecified atom stereocenters. The van der Waals surface area contributed by atoms with Crippen molar-refractivity contribution in [1.29, 1.82) is 0 Å². The molecule has 110 valence electrons. The summed E-state index contributed by atoms with van der Waals surface area (Å²) in [6.45, 7) is 5.81. The molecule has 0 aromatic heterocycles. The van der Waals surface area contributed by atoms with Crippen LogP contribution in [0.25, 0.3) is 0 Å². The van der Waals surface area contributed by atoms with Gasteiger partial charge in [-0.15, -0.1) is 0 Å². The molecule has 5 heteroatoms. The molecule has 1 aliphatic heterocycles. The lowest BCUT2D eigenvalue weighted by Gasteiger charge is -2.28. The lowest BCUT2D eigenvalue weighted by atomic mass is 10.0. The summed E-state index contributed by atoms with van der Waals surface area (Å²) < 4.78 is 4.69. The molecule has 1 atom stereocenters. The van der Waals surface area contributed by atoms with E-state index in [0.29, 0.717) is 12.5 Å². The van der Waals surface area contributed by atoms with Crippen molar-refractivity contribution >= 4 is 11.9 Å². The largest absolute Gasteiger partial charge is 0.468 e. The van der Waals surface area contributed by atoms with Crippen molar-refractivity contribution in [2.45, 2.75) is 45.6 Å². The molecule has 1 amide bonds. The molecule has 1 saturated heterocycles. The van der Waals surface area contributed by atoms with Crippen LogP contribution in [0.1, 0.15) is 39.5 Å². The van der Waals surface area contributed by atoms with Crippen LogP contribution >= 0.6 is 0 Å². The maximum atomic E-state index is 12.4. The predicted molar refractivity (Wildman–Crippen MR) is 73.7 cm³/mol. The summed E-state index contributed by atoms with van der Waals surface area (Å²) in [5, 5.41) is 3.19. The first-order valence-corrected chi connectivity index (χ1v) is 7.21. The zero-order valence-corrected chi connectivity index (χ0v) is 12.3. The minimum Gasteiger partial charge on any atom is -0.468 e. The van der Waals surface area contributed by atoms with Crippen molar-refractivity contribution in [3.8, 4) is 0 Å². The smallest absolute Gasteiger partial charge is 0.325 e. The molecule has 0 aliphatic carbocycles. The standard InChI is InChI=1S/C14H26N2O3/c1-4-11(5-2)9-16(10-13(17)19-3)14(18)12-7-6-8-15-12/h11-12,15H,4-10H2,1-3H3/t12-/m0/s1. The fourth-order valence-corrected chi connectivity index (χ4v) is 2.43. The van der Waals surface area contributed by atoms with E-state index in [2.05, 4.69) is 23.9 Å². The SMILES string of the molecule is CCC(CC)CN(CC(=O)OC)C(=O)[C@@H]1CCCN1. The van der Waals surface area contributed by atoms with Crippen LogP contribution in [-0.4, -0.2) is 49.6 Å². The minimum atomic E-state index is -0.350. The Morgan fingerprint density at radius 3 is 2.53 bits per heavy atom. The molecule has 1 heterocycles. The van der Waals surface area contributed by atoms with Gasteiger partial charge in [0.1, 0.15) is 6.54 Å². The van der Waals surface area contributed by atoms with E-state index in [1.165, 1.54) is 7.11 Å². The van der Waals surface area contributed by atoms with Gasteiger partial charge in [0.25, 0.3) is 0 Å². The summed E-state index contributed by atoms with van der Waals surface area (Å²) in [6, 6.07) is -0.126. The zero-order valence-electron chi connectivity index (χ0n) is 12.3. The van der Waals surface area contributed by atoms with Crippen LogP contribution in [0.4, 0.5) is 0 Å². The highest BCUT2D eigenvalue weighted by Crippen LogP contribution is 2.14. The Labute approximate surface area is 115 Å². The van der Waals surface area contributed by atoms with E-state index in [-0.39, 0.29) is 24.5 Å². The van der Waals surface area contributed by atoms with Crippen molar-refractivity contribution < 1.29 is 14.3 Å². The molecule has 1 aliphatic rings. The van der Waals surface area contributed by atoms with Gasteiger partial charge in [-0.25, -0.2) is 0 Å². The topological polar surface area (TPSA) is 58.6 Å². The Balaban J connectivity index is 2.66. The summed E-state index contributed by atoms with van der Waals surface area (Å²) in [6.07, 6.45) is 3.91. The van der Waals surface area contributed by atoms with Gasteiger partial charge in [0.15, 0.2) is 0 Å². The number of esters is 1. The number of rotatable bonds is 7. The van der Waals surface area contributed by atoms with Crippen LogP contribution in [0.2, 0.25) is 0 Å². The number of carbonyl (C=O) groups excluding carboxylic acids is 2. The zero-order chi connectivity index (χ0) is 14.3. The van der Waals surface area contributed by atoms with Crippen LogP contribution < -0.4 is 5.32 Å². The molecule has 0 aromatic carbocycles. The molecule has 1 N–H and O–H groups in total. The molecule has 5 nitrogen and oxygen atoms in total. The van der Waals surface area contributed by atoms with Crippen LogP contribution in [0.3, 0.4) is 0 Å². The Kier molecular flexibility index (Phi) is 6.84. The van der Waals surface area contributed by atoms with Gasteiger partial charge >= 0.3 is 5.97 Å². The average molecular weight is 270 g/mol. The third-order valence-corrected chi connectivity index (χ3v) is 3.85. The van der Waals surface area contributed by atoms with Crippen LogP contribution in [0, 0.1) is 5.92 Å². The Morgan fingerprint density at radius 1 is 1.37 bits per heavy atom. The molecule has 0 bridgehead atoms. The Hall–Kier alpha value is -1.10. The Morgan fingerprint density at radius 2 is 2.05 bits per heavy atom. The van der Waals surface area contributed by atoms with Gasteiger partial charge in [0.05, 0.1) is 13.2 Å². The number of hydrogen-bond acceptors (Lipinski definition) is 4. The molecule has 0 radical (unpaired) electrons. The number of nitrogens with zero attached hydrogens (tertiary/aromatic N) is 1. The van der Waals surface area contributed by atoms with Crippen molar-refractivity contribution in [1.82, 2.24) is 10.2 Å². The van der Waals surface area contributed by atoms with E-state index < -0.39 is 0 Å². The maximum Gasteiger partial charge on any atom is 0.325 e. The quantitative estimate of drug-likeness (QED) is 0.706. The normalized spacial score (nSPS) is 18.6.